The average Bonchev–Trinajstić information content (AvgIpc) is 2.57. The van der Waals surface area contributed by atoms with Crippen molar-refractivity contribution in [2.24, 2.45) is 5.92 Å². The summed E-state index contributed by atoms with van der Waals surface area (Å²) in [4.78, 5) is 22.7. The van der Waals surface area contributed by atoms with Crippen molar-refractivity contribution in [3.05, 3.63) is 0 Å². The van der Waals surface area contributed by atoms with Crippen LogP contribution in [-0.2, 0) is 14.3 Å². The van der Waals surface area contributed by atoms with Crippen LogP contribution >= 0.6 is 0 Å². The molecule has 1 atom stereocenters. The van der Waals surface area contributed by atoms with Gasteiger partial charge in [0.2, 0.25) is 0 Å². The molecule has 24 heavy (non-hydrogen) atoms. The summed E-state index contributed by atoms with van der Waals surface area (Å²) >= 11 is 0. The number of unbranched alkanes of at least 4 members (excludes halogenated alkanes) is 10. The molecule has 0 aliphatic rings. The molecule has 1 unspecified atom stereocenters. The van der Waals surface area contributed by atoms with Crippen LogP contribution in [0.1, 0.15) is 110 Å². The molecule has 0 N–H and O–H groups in total. The Morgan fingerprint density at radius 2 is 1.21 bits per heavy atom. The minimum absolute atomic E-state index is 0.0929. The van der Waals surface area contributed by atoms with E-state index in [-0.39, 0.29) is 5.97 Å². The van der Waals surface area contributed by atoms with Gasteiger partial charge in [-0.2, -0.15) is 0 Å². The number of esters is 1. The molecule has 3 heteroatoms. The maximum atomic E-state index is 11.7. The van der Waals surface area contributed by atoms with E-state index >= 15 is 0 Å². The zero-order chi connectivity index (χ0) is 18.0. The summed E-state index contributed by atoms with van der Waals surface area (Å²) in [6.45, 7) is 3.99. The largest absolute Gasteiger partial charge is 0.469 e. The van der Waals surface area contributed by atoms with E-state index in [2.05, 4.69) is 11.7 Å². The zero-order valence-corrected chi connectivity index (χ0v) is 16.4. The van der Waals surface area contributed by atoms with Crippen LogP contribution in [0.25, 0.3) is 0 Å². The van der Waals surface area contributed by atoms with Gasteiger partial charge in [-0.15, -0.1) is 0 Å². The van der Waals surface area contributed by atoms with Gasteiger partial charge in [0.1, 0.15) is 5.78 Å². The van der Waals surface area contributed by atoms with Crippen molar-refractivity contribution in [2.45, 2.75) is 110 Å². The molecule has 0 fully saturated rings. The maximum absolute atomic E-state index is 11.7. The average molecular weight is 341 g/mol. The van der Waals surface area contributed by atoms with Crippen molar-refractivity contribution in [1.29, 1.82) is 0 Å². The van der Waals surface area contributed by atoms with E-state index in [1.54, 1.807) is 6.92 Å². The first kappa shape index (κ1) is 23.1. The molecule has 0 radical (unpaired) electrons. The van der Waals surface area contributed by atoms with Crippen LogP contribution in [0.3, 0.4) is 0 Å². The lowest BCUT2D eigenvalue weighted by molar-refractivity contribution is -0.140. The fourth-order valence-corrected chi connectivity index (χ4v) is 3.19. The third kappa shape index (κ3) is 14.7. The standard InChI is InChI=1S/C21H40O3/c1-4-5-6-13-16-20(19(2)22)17-14-11-9-7-8-10-12-15-18-21(23)24-3/h20H,4-18H2,1-3H3. The lowest BCUT2D eigenvalue weighted by Crippen LogP contribution is -2.10. The van der Waals surface area contributed by atoms with E-state index < -0.39 is 0 Å². The fourth-order valence-electron chi connectivity index (χ4n) is 3.19. The molecule has 0 amide bonds. The number of carbonyl (C=O) groups is 2. The molecule has 3 nitrogen and oxygen atoms in total. The summed E-state index contributed by atoms with van der Waals surface area (Å²) in [5.74, 6) is 0.599. The van der Waals surface area contributed by atoms with Crippen molar-refractivity contribution >= 4 is 11.8 Å². The Hall–Kier alpha value is -0.860. The summed E-state index contributed by atoms with van der Waals surface area (Å²) in [6.07, 6.45) is 17.3. The molecule has 0 aromatic carbocycles. The van der Waals surface area contributed by atoms with E-state index in [0.717, 1.165) is 25.7 Å². The van der Waals surface area contributed by atoms with Gasteiger partial charge >= 0.3 is 5.97 Å². The van der Waals surface area contributed by atoms with Crippen LogP contribution in [0, 0.1) is 5.92 Å². The number of carbonyl (C=O) groups excluding carboxylic acids is 2. The monoisotopic (exact) mass is 340 g/mol. The van der Waals surface area contributed by atoms with Crippen LogP contribution in [0.4, 0.5) is 0 Å². The molecular formula is C21H40O3. The normalized spacial score (nSPS) is 12.1. The fraction of sp³-hybridized carbons (Fsp3) is 0.905. The Balaban J connectivity index is 3.45. The van der Waals surface area contributed by atoms with E-state index in [1.807, 2.05) is 0 Å². The van der Waals surface area contributed by atoms with Crippen LogP contribution in [-0.4, -0.2) is 18.9 Å². The highest BCUT2D eigenvalue weighted by Gasteiger charge is 2.13. The van der Waals surface area contributed by atoms with Gasteiger partial charge < -0.3 is 4.74 Å². The molecular weight excluding hydrogens is 300 g/mol. The van der Waals surface area contributed by atoms with Gasteiger partial charge in [0.05, 0.1) is 7.11 Å². The summed E-state index contributed by atoms with van der Waals surface area (Å²) in [6, 6.07) is 0. The second kappa shape index (κ2) is 17.0. The van der Waals surface area contributed by atoms with Gasteiger partial charge in [0.25, 0.3) is 0 Å². The van der Waals surface area contributed by atoms with Crippen LogP contribution in [0.5, 0.6) is 0 Å². The van der Waals surface area contributed by atoms with Crippen molar-refractivity contribution in [3.8, 4) is 0 Å². The molecule has 0 aromatic rings. The van der Waals surface area contributed by atoms with Crippen molar-refractivity contribution in [1.82, 2.24) is 0 Å². The second-order valence-corrected chi connectivity index (χ2v) is 7.10. The van der Waals surface area contributed by atoms with Crippen molar-refractivity contribution < 1.29 is 14.3 Å². The summed E-state index contributed by atoms with van der Waals surface area (Å²) in [7, 11) is 1.45. The number of hydrogen-bond acceptors (Lipinski definition) is 3. The third-order valence-corrected chi connectivity index (χ3v) is 4.89. The predicted octanol–water partition coefficient (Wildman–Crippen LogP) is 6.24. The molecule has 142 valence electrons. The van der Waals surface area contributed by atoms with Crippen LogP contribution in [0.2, 0.25) is 0 Å². The highest BCUT2D eigenvalue weighted by Crippen LogP contribution is 2.20. The minimum atomic E-state index is -0.0929. The van der Waals surface area contributed by atoms with Gasteiger partial charge in [-0.1, -0.05) is 77.6 Å². The molecule has 0 heterocycles. The zero-order valence-electron chi connectivity index (χ0n) is 16.4. The Kier molecular flexibility index (Phi) is 16.4. The topological polar surface area (TPSA) is 43.4 Å². The Bertz CT molecular complexity index is 312. The number of hydrogen-bond donors (Lipinski definition) is 0. The van der Waals surface area contributed by atoms with E-state index in [0.29, 0.717) is 18.1 Å². The SMILES string of the molecule is CCCCCCC(CCCCCCCCCCC(=O)OC)C(C)=O. The highest BCUT2D eigenvalue weighted by molar-refractivity contribution is 5.78. The third-order valence-electron chi connectivity index (χ3n) is 4.89. The molecule has 0 spiro atoms. The van der Waals surface area contributed by atoms with Crippen LogP contribution < -0.4 is 0 Å². The smallest absolute Gasteiger partial charge is 0.305 e. The highest BCUT2D eigenvalue weighted by atomic mass is 16.5. The maximum Gasteiger partial charge on any atom is 0.305 e. The summed E-state index contributed by atoms with van der Waals surface area (Å²) in [5, 5.41) is 0. The minimum Gasteiger partial charge on any atom is -0.469 e. The number of rotatable bonds is 17. The molecule has 0 aliphatic heterocycles. The molecule has 0 aromatic heterocycles. The van der Waals surface area contributed by atoms with E-state index in [1.165, 1.54) is 71.3 Å². The number of Topliss-reactive ketones (excluding diaryl/α,β-unsaturated/α-hetero) is 1. The van der Waals surface area contributed by atoms with Gasteiger partial charge in [-0.05, 0) is 26.2 Å². The van der Waals surface area contributed by atoms with Gasteiger partial charge in [-0.3, -0.25) is 9.59 Å². The molecule has 0 bridgehead atoms. The number of ketones is 1. The lowest BCUT2D eigenvalue weighted by Gasteiger charge is -2.13. The molecule has 0 saturated carbocycles. The Morgan fingerprint density at radius 3 is 1.67 bits per heavy atom. The van der Waals surface area contributed by atoms with Gasteiger partial charge in [-0.25, -0.2) is 0 Å². The van der Waals surface area contributed by atoms with E-state index in [4.69, 9.17) is 0 Å². The van der Waals surface area contributed by atoms with Crippen LogP contribution in [0.15, 0.2) is 0 Å². The summed E-state index contributed by atoms with van der Waals surface area (Å²) in [5.41, 5.74) is 0. The van der Waals surface area contributed by atoms with Gasteiger partial charge in [0.15, 0.2) is 0 Å². The number of ether oxygens (including phenoxy) is 1. The summed E-state index contributed by atoms with van der Waals surface area (Å²) < 4.78 is 4.63. The Morgan fingerprint density at radius 1 is 0.750 bits per heavy atom. The van der Waals surface area contributed by atoms with Crippen molar-refractivity contribution in [2.75, 3.05) is 7.11 Å². The lowest BCUT2D eigenvalue weighted by atomic mass is 9.91. The van der Waals surface area contributed by atoms with Crippen molar-refractivity contribution in [3.63, 3.8) is 0 Å². The Labute approximate surface area is 149 Å². The number of methoxy groups -OCH3 is 1. The molecule has 0 saturated heterocycles. The quantitative estimate of drug-likeness (QED) is 0.233. The first-order valence-electron chi connectivity index (χ1n) is 10.2. The first-order chi connectivity index (χ1) is 11.6. The molecule has 0 aliphatic carbocycles. The van der Waals surface area contributed by atoms with E-state index in [9.17, 15) is 9.59 Å². The second-order valence-electron chi connectivity index (χ2n) is 7.10. The van der Waals surface area contributed by atoms with Gasteiger partial charge in [0, 0.05) is 12.3 Å². The predicted molar refractivity (Wildman–Crippen MR) is 101 cm³/mol. The molecule has 0 rings (SSSR count). The first-order valence-corrected chi connectivity index (χ1v) is 10.2.